The number of benzene rings is 2. The van der Waals surface area contributed by atoms with Crippen molar-refractivity contribution in [1.82, 2.24) is 0 Å². The summed E-state index contributed by atoms with van der Waals surface area (Å²) in [5, 5.41) is 20.7. The lowest BCUT2D eigenvalue weighted by molar-refractivity contribution is 0.431. The van der Waals surface area contributed by atoms with Gasteiger partial charge in [0.1, 0.15) is 23.0 Å². The average molecular weight is 388 g/mol. The smallest absolute Gasteiger partial charge is 0.343 e. The molecule has 0 bridgehead atoms. The van der Waals surface area contributed by atoms with Gasteiger partial charge in [-0.1, -0.05) is 60.7 Å². The van der Waals surface area contributed by atoms with Crippen LogP contribution in [0.2, 0.25) is 0 Å². The van der Waals surface area contributed by atoms with Crippen LogP contribution >= 0.6 is 0 Å². The highest BCUT2D eigenvalue weighted by Crippen LogP contribution is 2.28. The molecule has 144 valence electrons. The Morgan fingerprint density at radius 1 is 0.621 bits per heavy atom. The van der Waals surface area contributed by atoms with E-state index in [2.05, 4.69) is 0 Å². The van der Waals surface area contributed by atoms with Gasteiger partial charge >= 0.3 is 11.3 Å². The minimum atomic E-state index is -0.796. The quantitative estimate of drug-likeness (QED) is 0.549. The highest BCUT2D eigenvalue weighted by molar-refractivity contribution is 5.61. The zero-order chi connectivity index (χ0) is 20.4. The third-order valence-corrected chi connectivity index (χ3v) is 4.52. The Labute approximate surface area is 164 Å². The third-order valence-electron chi connectivity index (χ3n) is 4.52. The summed E-state index contributed by atoms with van der Waals surface area (Å²) in [5.74, 6) is -0.253. The van der Waals surface area contributed by atoms with E-state index >= 15 is 0 Å². The molecule has 4 rings (SSSR count). The van der Waals surface area contributed by atoms with E-state index in [0.717, 1.165) is 0 Å². The van der Waals surface area contributed by atoms with E-state index in [0.29, 0.717) is 11.1 Å². The van der Waals surface area contributed by atoms with Crippen LogP contribution in [0.4, 0.5) is 0 Å². The van der Waals surface area contributed by atoms with Gasteiger partial charge in [-0.15, -0.1) is 0 Å². The summed E-state index contributed by atoms with van der Waals surface area (Å²) in [6.07, 6.45) is -0.327. The Balaban J connectivity index is 1.71. The molecule has 6 nitrogen and oxygen atoms in total. The van der Waals surface area contributed by atoms with Crippen LogP contribution in [-0.2, 0) is 6.42 Å². The molecule has 0 unspecified atom stereocenters. The molecule has 0 radical (unpaired) electrons. The second-order valence-electron chi connectivity index (χ2n) is 6.43. The number of rotatable bonds is 4. The van der Waals surface area contributed by atoms with Crippen molar-refractivity contribution in [2.24, 2.45) is 0 Å². The first-order valence-electron chi connectivity index (χ1n) is 8.86. The largest absolute Gasteiger partial charge is 0.507 e. The van der Waals surface area contributed by atoms with Crippen molar-refractivity contribution in [1.29, 1.82) is 0 Å². The van der Waals surface area contributed by atoms with Crippen LogP contribution in [0.5, 0.6) is 11.5 Å². The maximum absolute atomic E-state index is 12.4. The van der Waals surface area contributed by atoms with Crippen molar-refractivity contribution in [3.05, 3.63) is 105 Å². The standard InChI is InChI=1S/C23H16O6/c24-18-12-20(14-7-3-1-4-8-14)28-22(26)16(18)11-17-19(25)13-21(29-23(17)27)15-9-5-2-6-10-15/h1-10,12-13,24-25H,11H2. The van der Waals surface area contributed by atoms with Crippen molar-refractivity contribution in [2.75, 3.05) is 0 Å². The summed E-state index contributed by atoms with van der Waals surface area (Å²) >= 11 is 0. The molecule has 0 aliphatic carbocycles. The lowest BCUT2D eigenvalue weighted by Gasteiger charge is -2.08. The van der Waals surface area contributed by atoms with Crippen molar-refractivity contribution >= 4 is 0 Å². The molecule has 2 aromatic carbocycles. The maximum atomic E-state index is 12.4. The molecule has 2 heterocycles. The Morgan fingerprint density at radius 3 is 1.34 bits per heavy atom. The molecule has 2 aromatic heterocycles. The average Bonchev–Trinajstić information content (AvgIpc) is 2.73. The van der Waals surface area contributed by atoms with Gasteiger partial charge in [-0.05, 0) is 0 Å². The normalized spacial score (nSPS) is 10.8. The molecule has 29 heavy (non-hydrogen) atoms. The van der Waals surface area contributed by atoms with Gasteiger partial charge < -0.3 is 19.0 Å². The Kier molecular flexibility index (Phi) is 4.75. The van der Waals surface area contributed by atoms with Crippen LogP contribution < -0.4 is 11.3 Å². The van der Waals surface area contributed by atoms with Gasteiger partial charge in [-0.2, -0.15) is 0 Å². The van der Waals surface area contributed by atoms with Gasteiger partial charge in [0.2, 0.25) is 0 Å². The topological polar surface area (TPSA) is 101 Å². The van der Waals surface area contributed by atoms with Crippen molar-refractivity contribution < 1.29 is 19.0 Å². The number of aromatic hydroxyl groups is 2. The molecule has 0 spiro atoms. The van der Waals surface area contributed by atoms with E-state index in [-0.39, 0.29) is 40.6 Å². The lowest BCUT2D eigenvalue weighted by atomic mass is 10.0. The molecule has 0 amide bonds. The van der Waals surface area contributed by atoms with Crippen LogP contribution in [0.3, 0.4) is 0 Å². The van der Waals surface area contributed by atoms with Crippen molar-refractivity contribution in [2.45, 2.75) is 6.42 Å². The van der Waals surface area contributed by atoms with E-state index in [1.807, 2.05) is 12.1 Å². The summed E-state index contributed by atoms with van der Waals surface area (Å²) in [6, 6.07) is 20.3. The summed E-state index contributed by atoms with van der Waals surface area (Å²) in [5.41, 5.74) is -0.619. The van der Waals surface area contributed by atoms with E-state index < -0.39 is 11.3 Å². The van der Waals surface area contributed by atoms with Crippen molar-refractivity contribution in [3.8, 4) is 34.1 Å². The van der Waals surface area contributed by atoms with Crippen molar-refractivity contribution in [3.63, 3.8) is 0 Å². The van der Waals surface area contributed by atoms with Crippen LogP contribution in [-0.4, -0.2) is 10.2 Å². The summed E-state index contributed by atoms with van der Waals surface area (Å²) in [7, 11) is 0. The fraction of sp³-hybridized carbons (Fsp3) is 0.0435. The van der Waals surface area contributed by atoms with E-state index in [4.69, 9.17) is 8.83 Å². The molecule has 6 heteroatoms. The molecular formula is C23H16O6. The van der Waals surface area contributed by atoms with Crippen LogP contribution in [0.25, 0.3) is 22.6 Å². The predicted octanol–water partition coefficient (Wildman–Crippen LogP) is 3.93. The molecule has 0 saturated heterocycles. The van der Waals surface area contributed by atoms with Crippen LogP contribution in [0.1, 0.15) is 11.1 Å². The van der Waals surface area contributed by atoms with Crippen LogP contribution in [0, 0.1) is 0 Å². The fourth-order valence-corrected chi connectivity index (χ4v) is 3.01. The first kappa shape index (κ1) is 18.3. The van der Waals surface area contributed by atoms with Crippen LogP contribution in [0.15, 0.2) is 91.2 Å². The van der Waals surface area contributed by atoms with Gasteiger partial charge in [0, 0.05) is 29.7 Å². The molecule has 4 aromatic rings. The Morgan fingerprint density at radius 2 is 1.00 bits per heavy atom. The molecule has 0 aliphatic heterocycles. The van der Waals surface area contributed by atoms with Gasteiger partial charge in [0.05, 0.1) is 11.1 Å². The van der Waals surface area contributed by atoms with Gasteiger partial charge in [-0.3, -0.25) is 0 Å². The maximum Gasteiger partial charge on any atom is 0.343 e. The van der Waals surface area contributed by atoms with E-state index in [1.54, 1.807) is 48.5 Å². The molecular weight excluding hydrogens is 372 g/mol. The summed E-state index contributed by atoms with van der Waals surface area (Å²) in [4.78, 5) is 24.8. The molecule has 0 fully saturated rings. The first-order valence-corrected chi connectivity index (χ1v) is 8.86. The first-order chi connectivity index (χ1) is 14.0. The fourth-order valence-electron chi connectivity index (χ4n) is 3.01. The molecule has 0 atom stereocenters. The minimum absolute atomic E-state index is 0.139. The zero-order valence-electron chi connectivity index (χ0n) is 15.2. The Bertz CT molecular complexity index is 1170. The number of hydrogen-bond acceptors (Lipinski definition) is 6. The summed E-state index contributed by atoms with van der Waals surface area (Å²) in [6.45, 7) is 0. The minimum Gasteiger partial charge on any atom is -0.507 e. The number of hydrogen-bond donors (Lipinski definition) is 2. The second-order valence-corrected chi connectivity index (χ2v) is 6.43. The highest BCUT2D eigenvalue weighted by Gasteiger charge is 2.19. The molecule has 0 aliphatic rings. The van der Waals surface area contributed by atoms with Gasteiger partial charge in [0.25, 0.3) is 0 Å². The SMILES string of the molecule is O=c1oc(-c2ccccc2)cc(O)c1Cc1c(O)cc(-c2ccccc2)oc1=O. The lowest BCUT2D eigenvalue weighted by Crippen LogP contribution is -2.14. The highest BCUT2D eigenvalue weighted by atomic mass is 16.4. The molecule has 0 saturated carbocycles. The monoisotopic (exact) mass is 388 g/mol. The third kappa shape index (κ3) is 3.68. The molecule has 2 N–H and O–H groups in total. The summed E-state index contributed by atoms with van der Waals surface area (Å²) < 4.78 is 10.6. The Hall–Kier alpha value is -4.06. The zero-order valence-corrected chi connectivity index (χ0v) is 15.2. The van der Waals surface area contributed by atoms with E-state index in [9.17, 15) is 19.8 Å². The van der Waals surface area contributed by atoms with Gasteiger partial charge in [-0.25, -0.2) is 9.59 Å². The van der Waals surface area contributed by atoms with Gasteiger partial charge in [0.15, 0.2) is 0 Å². The van der Waals surface area contributed by atoms with E-state index in [1.165, 1.54) is 12.1 Å². The predicted molar refractivity (Wildman–Crippen MR) is 107 cm³/mol. The second kappa shape index (κ2) is 7.52.